The normalized spacial score (nSPS) is 9.70. The van der Waals surface area contributed by atoms with Crippen LogP contribution in [0.2, 0.25) is 0 Å². The summed E-state index contributed by atoms with van der Waals surface area (Å²) in [5.41, 5.74) is -1.31. The Balaban J connectivity index is -0.0000000735. The van der Waals surface area contributed by atoms with Crippen LogP contribution in [0.4, 0.5) is 0 Å². The van der Waals surface area contributed by atoms with Gasteiger partial charge in [0, 0.05) is 13.2 Å². The minimum Gasteiger partial charge on any atom is -0.870 e. The molecular weight excluding hydrogens is 391 g/mol. The van der Waals surface area contributed by atoms with Gasteiger partial charge in [-0.25, -0.2) is 0 Å². The van der Waals surface area contributed by atoms with E-state index in [1.807, 2.05) is 0 Å². The Bertz CT molecular complexity index is 238. The van der Waals surface area contributed by atoms with Gasteiger partial charge in [-0.05, 0) is 40.5 Å². The predicted molar refractivity (Wildman–Crippen MR) is 94.5 cm³/mol. The fraction of sp³-hybridized carbons (Fsp3) is 0.750. The van der Waals surface area contributed by atoms with Crippen molar-refractivity contribution in [2.75, 3.05) is 25.2 Å². The maximum atomic E-state index is 9.21. The van der Waals surface area contributed by atoms with Crippen molar-refractivity contribution >= 4 is 15.9 Å². The third-order valence-electron chi connectivity index (χ3n) is 1.91. The van der Waals surface area contributed by atoms with E-state index in [0.717, 1.165) is 5.33 Å². The predicted octanol–water partition coefficient (Wildman–Crippen LogP) is -0.313. The molecule has 0 saturated heterocycles. The number of allylic oxidation sites excluding steroid dienone is 1. The summed E-state index contributed by atoms with van der Waals surface area (Å²) in [5.74, 6) is 0. The van der Waals surface area contributed by atoms with Crippen molar-refractivity contribution in [1.29, 1.82) is 0 Å². The summed E-state index contributed by atoms with van der Waals surface area (Å²) in [6.45, 7) is 16.5. The molecule has 0 aromatic carbocycles. The first-order chi connectivity index (χ1) is 9.54. The monoisotopic (exact) mass is 423 g/mol. The van der Waals surface area contributed by atoms with Gasteiger partial charge in [0.05, 0.1) is 23.1 Å². The summed E-state index contributed by atoms with van der Waals surface area (Å²) >= 11 is 3.07. The second-order valence-electron chi connectivity index (χ2n) is 5.60. The number of halogens is 1. The van der Waals surface area contributed by atoms with Gasteiger partial charge in [-0.1, -0.05) is 22.0 Å². The maximum absolute atomic E-state index is 9.21. The third kappa shape index (κ3) is 59.8. The summed E-state index contributed by atoms with van der Waals surface area (Å²) in [5, 5.41) is 27.1. The van der Waals surface area contributed by atoms with Crippen LogP contribution in [0.1, 0.15) is 40.5 Å². The van der Waals surface area contributed by atoms with E-state index < -0.39 is 11.2 Å². The van der Waals surface area contributed by atoms with Gasteiger partial charge >= 0.3 is 51.4 Å². The standard InChI is InChI=1S/C8H16O2.C5H12O2.C3H4Br.K.H2O/c1-4-6-10-7-5-8(2,3)9;1-5(2,7)3-4-6;1-2-3-4;;/h4,9H,1,5-7H2,2-3H3;6-7H,3-4H2,1-2H3;1-2H,3H2;;1H2/q;;2*+1;/p-1. The van der Waals surface area contributed by atoms with Crippen molar-refractivity contribution in [3.05, 3.63) is 25.3 Å². The topological polar surface area (TPSA) is 99.9 Å². The van der Waals surface area contributed by atoms with Crippen molar-refractivity contribution in [2.24, 2.45) is 0 Å². The number of hydrogen-bond acceptors (Lipinski definition) is 5. The van der Waals surface area contributed by atoms with Crippen LogP contribution in [0.15, 0.2) is 18.7 Å². The summed E-state index contributed by atoms with van der Waals surface area (Å²) < 4.78 is 5.08. The van der Waals surface area contributed by atoms with Crippen LogP contribution in [-0.4, -0.2) is 57.1 Å². The average molecular weight is 424 g/mol. The van der Waals surface area contributed by atoms with E-state index in [2.05, 4.69) is 22.5 Å². The van der Waals surface area contributed by atoms with Gasteiger partial charge in [0.15, 0.2) is 6.08 Å². The first-order valence-electron chi connectivity index (χ1n) is 6.87. The van der Waals surface area contributed by atoms with Gasteiger partial charge in [0.25, 0.3) is 0 Å². The van der Waals surface area contributed by atoms with Crippen molar-refractivity contribution in [3.63, 3.8) is 0 Å². The molecule has 0 amide bonds. The largest absolute Gasteiger partial charge is 1.00 e. The molecule has 0 bridgehead atoms. The molecule has 0 radical (unpaired) electrons. The summed E-state index contributed by atoms with van der Waals surface area (Å²) in [6, 6.07) is 0. The number of rotatable bonds is 8. The number of alkyl halides is 1. The molecule has 0 saturated carbocycles. The average Bonchev–Trinajstić information content (AvgIpc) is 2.33. The van der Waals surface area contributed by atoms with Crippen molar-refractivity contribution in [3.8, 4) is 0 Å². The molecule has 0 aromatic heterocycles. The molecular formula is C16H33BrKO5+. The molecule has 134 valence electrons. The Morgan fingerprint density at radius 3 is 1.70 bits per heavy atom. The van der Waals surface area contributed by atoms with E-state index in [-0.39, 0.29) is 63.5 Å². The molecule has 0 heterocycles. The molecule has 0 unspecified atom stereocenters. The molecule has 0 aliphatic carbocycles. The molecule has 5 nitrogen and oxygen atoms in total. The summed E-state index contributed by atoms with van der Waals surface area (Å²) in [6.07, 6.45) is 4.36. The molecule has 0 fully saturated rings. The first kappa shape index (κ1) is 35.4. The molecule has 0 rings (SSSR count). The van der Waals surface area contributed by atoms with Crippen LogP contribution in [0.25, 0.3) is 0 Å². The number of aliphatic hydroxyl groups excluding tert-OH is 1. The first-order valence-corrected chi connectivity index (χ1v) is 7.99. The van der Waals surface area contributed by atoms with E-state index in [9.17, 15) is 5.11 Å². The van der Waals surface area contributed by atoms with Crippen LogP contribution < -0.4 is 51.4 Å². The maximum Gasteiger partial charge on any atom is 1.00 e. The number of aliphatic hydroxyl groups is 3. The zero-order chi connectivity index (χ0) is 17.4. The van der Waals surface area contributed by atoms with Gasteiger partial charge in [0.2, 0.25) is 6.58 Å². The molecule has 0 spiro atoms. The van der Waals surface area contributed by atoms with E-state index >= 15 is 0 Å². The van der Waals surface area contributed by atoms with Crippen molar-refractivity contribution < 1.29 is 76.9 Å². The van der Waals surface area contributed by atoms with Crippen LogP contribution in [0.3, 0.4) is 0 Å². The van der Waals surface area contributed by atoms with E-state index in [4.69, 9.17) is 21.5 Å². The molecule has 7 heteroatoms. The van der Waals surface area contributed by atoms with E-state index in [1.54, 1.807) is 39.8 Å². The quantitative estimate of drug-likeness (QED) is 0.163. The van der Waals surface area contributed by atoms with Crippen LogP contribution >= 0.6 is 15.9 Å². The van der Waals surface area contributed by atoms with Gasteiger partial charge in [-0.2, -0.15) is 0 Å². The Morgan fingerprint density at radius 2 is 1.52 bits per heavy atom. The van der Waals surface area contributed by atoms with E-state index in [1.165, 1.54) is 0 Å². The van der Waals surface area contributed by atoms with Gasteiger partial charge < -0.3 is 25.5 Å². The zero-order valence-corrected chi connectivity index (χ0v) is 20.0. The van der Waals surface area contributed by atoms with Gasteiger partial charge in [-0.15, -0.1) is 6.58 Å². The smallest absolute Gasteiger partial charge is 0.870 e. The Hall–Kier alpha value is 1.31. The van der Waals surface area contributed by atoms with Crippen molar-refractivity contribution in [1.82, 2.24) is 0 Å². The van der Waals surface area contributed by atoms with Gasteiger partial charge in [-0.3, -0.25) is 0 Å². The molecule has 0 aromatic rings. The Morgan fingerprint density at radius 1 is 1.13 bits per heavy atom. The molecule has 23 heavy (non-hydrogen) atoms. The SMILES string of the molecule is C=CCOCCC(C)(C)O.CC(C)(O)CCO.[CH+]=CCBr.[K+].[OH-]. The summed E-state index contributed by atoms with van der Waals surface area (Å²) in [4.78, 5) is 0. The number of ether oxygens (including phenoxy) is 1. The Labute approximate surface area is 193 Å². The zero-order valence-electron chi connectivity index (χ0n) is 15.3. The van der Waals surface area contributed by atoms with Crippen molar-refractivity contribution in [2.45, 2.75) is 51.7 Å². The van der Waals surface area contributed by atoms with E-state index in [0.29, 0.717) is 26.1 Å². The molecule has 0 aliphatic heterocycles. The minimum absolute atomic E-state index is 0. The van der Waals surface area contributed by atoms with Crippen LogP contribution in [0.5, 0.6) is 0 Å². The fourth-order valence-electron chi connectivity index (χ4n) is 0.762. The molecule has 0 atom stereocenters. The van der Waals surface area contributed by atoms with Crippen LogP contribution in [0, 0.1) is 6.58 Å². The molecule has 0 aliphatic rings. The van der Waals surface area contributed by atoms with Crippen LogP contribution in [-0.2, 0) is 4.74 Å². The molecule has 4 N–H and O–H groups in total. The van der Waals surface area contributed by atoms with Gasteiger partial charge in [0.1, 0.15) is 0 Å². The fourth-order valence-corrected chi connectivity index (χ4v) is 0.762. The number of hydrogen-bond donors (Lipinski definition) is 3. The summed E-state index contributed by atoms with van der Waals surface area (Å²) in [7, 11) is 0. The second-order valence-corrected chi connectivity index (χ2v) is 6.25. The third-order valence-corrected chi connectivity index (χ3v) is 2.28. The second kappa shape index (κ2) is 23.3. The Kier molecular flexibility index (Phi) is 35.9. The minimum atomic E-state index is -0.700.